The number of hydrogen-bond donors (Lipinski definition) is 1. The Morgan fingerprint density at radius 2 is 2.05 bits per heavy atom. The van der Waals surface area contributed by atoms with E-state index in [1.165, 1.54) is 11.6 Å². The van der Waals surface area contributed by atoms with Gasteiger partial charge in [-0.15, -0.1) is 11.3 Å². The SMILES string of the molecule is Cn1c2c(c(=O)n(C)c1=O)C(c1cccs1)NC=C2. The van der Waals surface area contributed by atoms with Crippen molar-refractivity contribution in [3.05, 3.63) is 60.7 Å². The van der Waals surface area contributed by atoms with Crippen LogP contribution in [0.25, 0.3) is 6.08 Å². The van der Waals surface area contributed by atoms with Crippen molar-refractivity contribution in [3.63, 3.8) is 0 Å². The van der Waals surface area contributed by atoms with E-state index in [4.69, 9.17) is 0 Å². The molecular formula is C13H13N3O2S. The first kappa shape index (κ1) is 12.0. The first-order chi connectivity index (χ1) is 9.11. The van der Waals surface area contributed by atoms with E-state index in [0.717, 1.165) is 9.44 Å². The summed E-state index contributed by atoms with van der Waals surface area (Å²) in [6, 6.07) is 3.74. The zero-order valence-corrected chi connectivity index (χ0v) is 11.4. The second kappa shape index (κ2) is 4.24. The predicted octanol–water partition coefficient (Wildman–Crippen LogP) is 0.809. The average molecular weight is 275 g/mol. The summed E-state index contributed by atoms with van der Waals surface area (Å²) in [5.41, 5.74) is 0.744. The van der Waals surface area contributed by atoms with Gasteiger partial charge in [-0.3, -0.25) is 13.9 Å². The van der Waals surface area contributed by atoms with Crippen LogP contribution in [-0.2, 0) is 14.1 Å². The van der Waals surface area contributed by atoms with Crippen LogP contribution in [0.1, 0.15) is 22.2 Å². The summed E-state index contributed by atoms with van der Waals surface area (Å²) in [7, 11) is 3.19. The highest BCUT2D eigenvalue weighted by Crippen LogP contribution is 2.28. The maximum absolute atomic E-state index is 12.4. The molecule has 5 nitrogen and oxygen atoms in total. The van der Waals surface area contributed by atoms with Crippen molar-refractivity contribution in [1.82, 2.24) is 14.5 Å². The molecule has 1 unspecified atom stereocenters. The topological polar surface area (TPSA) is 56.0 Å². The van der Waals surface area contributed by atoms with Gasteiger partial charge in [0.05, 0.1) is 17.3 Å². The lowest BCUT2D eigenvalue weighted by Crippen LogP contribution is -2.43. The summed E-state index contributed by atoms with van der Waals surface area (Å²) in [4.78, 5) is 25.4. The molecule has 0 spiro atoms. The molecule has 0 fully saturated rings. The fraction of sp³-hybridized carbons (Fsp3) is 0.231. The van der Waals surface area contributed by atoms with Crippen LogP contribution in [-0.4, -0.2) is 9.13 Å². The molecule has 2 aromatic rings. The molecule has 0 saturated carbocycles. The monoisotopic (exact) mass is 275 g/mol. The molecule has 1 aliphatic rings. The van der Waals surface area contributed by atoms with Crippen molar-refractivity contribution in [2.45, 2.75) is 6.04 Å². The smallest absolute Gasteiger partial charge is 0.330 e. The molecule has 6 heteroatoms. The first-order valence-corrected chi connectivity index (χ1v) is 6.75. The van der Waals surface area contributed by atoms with Gasteiger partial charge in [0.2, 0.25) is 0 Å². The lowest BCUT2D eigenvalue weighted by atomic mass is 10.0. The average Bonchev–Trinajstić information content (AvgIpc) is 2.96. The molecule has 3 heterocycles. The summed E-state index contributed by atoms with van der Waals surface area (Å²) in [5, 5.41) is 5.17. The van der Waals surface area contributed by atoms with Crippen LogP contribution in [0, 0.1) is 0 Å². The number of fused-ring (bicyclic) bond motifs is 1. The van der Waals surface area contributed by atoms with E-state index in [9.17, 15) is 9.59 Å². The van der Waals surface area contributed by atoms with Crippen LogP contribution in [0.5, 0.6) is 0 Å². The standard InChI is InChI=1S/C13H13N3O2S/c1-15-8-5-6-14-11(9-4-3-7-19-9)10(8)12(17)16(2)13(15)18/h3-7,11,14H,1-2H3. The van der Waals surface area contributed by atoms with Crippen LogP contribution in [0.3, 0.4) is 0 Å². The predicted molar refractivity (Wildman–Crippen MR) is 75.3 cm³/mol. The van der Waals surface area contributed by atoms with Crippen LogP contribution in [0.15, 0.2) is 33.3 Å². The Hall–Kier alpha value is -2.08. The van der Waals surface area contributed by atoms with Gasteiger partial charge in [-0.2, -0.15) is 0 Å². The summed E-state index contributed by atoms with van der Waals surface area (Å²) in [6.07, 6.45) is 3.55. The summed E-state index contributed by atoms with van der Waals surface area (Å²) in [5.74, 6) is 0. The van der Waals surface area contributed by atoms with Crippen molar-refractivity contribution in [1.29, 1.82) is 0 Å². The minimum Gasteiger partial charge on any atom is -0.379 e. The highest BCUT2D eigenvalue weighted by molar-refractivity contribution is 7.10. The zero-order valence-electron chi connectivity index (χ0n) is 10.6. The van der Waals surface area contributed by atoms with Crippen molar-refractivity contribution < 1.29 is 0 Å². The van der Waals surface area contributed by atoms with Crippen molar-refractivity contribution in [2.75, 3.05) is 0 Å². The number of hydrogen-bond acceptors (Lipinski definition) is 4. The van der Waals surface area contributed by atoms with E-state index >= 15 is 0 Å². The van der Waals surface area contributed by atoms with Crippen LogP contribution >= 0.6 is 11.3 Å². The third-order valence-corrected chi connectivity index (χ3v) is 4.30. The molecule has 0 aliphatic carbocycles. The molecule has 1 aliphatic heterocycles. The lowest BCUT2D eigenvalue weighted by molar-refractivity contribution is 0.620. The molecule has 0 aromatic carbocycles. The quantitative estimate of drug-likeness (QED) is 0.838. The minimum absolute atomic E-state index is 0.189. The molecule has 0 amide bonds. The second-order valence-corrected chi connectivity index (χ2v) is 5.43. The first-order valence-electron chi connectivity index (χ1n) is 5.87. The van der Waals surface area contributed by atoms with Gasteiger partial charge in [0.25, 0.3) is 5.56 Å². The molecule has 3 rings (SSSR count). The Balaban J connectivity index is 2.35. The van der Waals surface area contributed by atoms with E-state index in [1.54, 1.807) is 30.7 Å². The van der Waals surface area contributed by atoms with Gasteiger partial charge >= 0.3 is 5.69 Å². The van der Waals surface area contributed by atoms with E-state index in [0.29, 0.717) is 11.3 Å². The number of nitrogens with one attached hydrogen (secondary N) is 1. The van der Waals surface area contributed by atoms with E-state index in [1.807, 2.05) is 17.5 Å². The number of thiophene rings is 1. The maximum atomic E-state index is 12.4. The van der Waals surface area contributed by atoms with Gasteiger partial charge in [0.15, 0.2) is 0 Å². The fourth-order valence-electron chi connectivity index (χ4n) is 2.35. The molecule has 1 atom stereocenters. The number of nitrogens with zero attached hydrogens (tertiary/aromatic N) is 2. The molecule has 1 N–H and O–H groups in total. The lowest BCUT2D eigenvalue weighted by Gasteiger charge is -2.24. The summed E-state index contributed by atoms with van der Waals surface area (Å²) < 4.78 is 2.66. The van der Waals surface area contributed by atoms with Crippen LogP contribution < -0.4 is 16.6 Å². The highest BCUT2D eigenvalue weighted by atomic mass is 32.1. The number of rotatable bonds is 1. The summed E-state index contributed by atoms with van der Waals surface area (Å²) in [6.45, 7) is 0. The van der Waals surface area contributed by atoms with Crippen molar-refractivity contribution in [3.8, 4) is 0 Å². The van der Waals surface area contributed by atoms with Gasteiger partial charge in [0.1, 0.15) is 0 Å². The van der Waals surface area contributed by atoms with E-state index in [-0.39, 0.29) is 17.3 Å². The molecule has 0 bridgehead atoms. The highest BCUT2D eigenvalue weighted by Gasteiger charge is 2.26. The third-order valence-electron chi connectivity index (χ3n) is 3.37. The van der Waals surface area contributed by atoms with E-state index in [2.05, 4.69) is 5.32 Å². The largest absolute Gasteiger partial charge is 0.379 e. The molecule has 19 heavy (non-hydrogen) atoms. The fourth-order valence-corrected chi connectivity index (χ4v) is 3.14. The second-order valence-electron chi connectivity index (χ2n) is 4.45. The Labute approximate surface area is 113 Å². The van der Waals surface area contributed by atoms with Gasteiger partial charge < -0.3 is 5.32 Å². The Bertz CT molecular complexity index is 768. The van der Waals surface area contributed by atoms with Crippen LogP contribution in [0.2, 0.25) is 0 Å². The van der Waals surface area contributed by atoms with Gasteiger partial charge in [-0.25, -0.2) is 4.79 Å². The summed E-state index contributed by atoms with van der Waals surface area (Å²) >= 11 is 1.59. The molecule has 2 aromatic heterocycles. The van der Waals surface area contributed by atoms with Crippen LogP contribution in [0.4, 0.5) is 0 Å². The molecule has 98 valence electrons. The number of aromatic nitrogens is 2. The third kappa shape index (κ3) is 1.67. The van der Waals surface area contributed by atoms with Gasteiger partial charge in [-0.05, 0) is 23.7 Å². The molecule has 0 radical (unpaired) electrons. The Morgan fingerprint density at radius 3 is 2.74 bits per heavy atom. The van der Waals surface area contributed by atoms with Crippen molar-refractivity contribution >= 4 is 17.4 Å². The zero-order chi connectivity index (χ0) is 13.6. The normalized spacial score (nSPS) is 17.1. The van der Waals surface area contributed by atoms with Gasteiger partial charge in [0, 0.05) is 19.0 Å². The molecular weight excluding hydrogens is 262 g/mol. The van der Waals surface area contributed by atoms with E-state index < -0.39 is 0 Å². The molecule has 0 saturated heterocycles. The van der Waals surface area contributed by atoms with Crippen molar-refractivity contribution in [2.24, 2.45) is 14.1 Å². The Kier molecular flexibility index (Phi) is 2.67. The maximum Gasteiger partial charge on any atom is 0.330 e. The Morgan fingerprint density at radius 1 is 1.26 bits per heavy atom. The minimum atomic E-state index is -0.305. The van der Waals surface area contributed by atoms with Gasteiger partial charge in [-0.1, -0.05) is 6.07 Å².